The van der Waals surface area contributed by atoms with E-state index in [2.05, 4.69) is 23.2 Å². The van der Waals surface area contributed by atoms with E-state index in [0.29, 0.717) is 9.64 Å². The van der Waals surface area contributed by atoms with E-state index in [4.69, 9.17) is 4.74 Å². The van der Waals surface area contributed by atoms with Crippen molar-refractivity contribution in [1.82, 2.24) is 0 Å². The van der Waals surface area contributed by atoms with Crippen LogP contribution in [0.4, 0.5) is 30.2 Å². The molecule has 0 aliphatic carbocycles. The van der Waals surface area contributed by atoms with Gasteiger partial charge in [0, 0.05) is 9.64 Å². The number of halogens is 4. The first kappa shape index (κ1) is 23.1. The van der Waals surface area contributed by atoms with E-state index in [1.165, 1.54) is 24.3 Å². The van der Waals surface area contributed by atoms with Gasteiger partial charge >= 0.3 is 0 Å². The summed E-state index contributed by atoms with van der Waals surface area (Å²) in [5, 5.41) is 2.43. The predicted octanol–water partition coefficient (Wildman–Crippen LogP) is 5.33. The quantitative estimate of drug-likeness (QED) is 0.317. The van der Waals surface area contributed by atoms with Crippen molar-refractivity contribution in [2.24, 2.45) is 0 Å². The maximum absolute atomic E-state index is 14.6. The highest BCUT2D eigenvalue weighted by atomic mass is 127. The summed E-state index contributed by atoms with van der Waals surface area (Å²) < 4.78 is 75.7. The van der Waals surface area contributed by atoms with Gasteiger partial charge in [-0.15, -0.1) is 6.58 Å². The lowest BCUT2D eigenvalue weighted by Crippen LogP contribution is -2.19. The van der Waals surface area contributed by atoms with Crippen LogP contribution in [0.3, 0.4) is 0 Å². The number of benzene rings is 2. The molecule has 2 aromatic rings. The molecule has 0 amide bonds. The van der Waals surface area contributed by atoms with Gasteiger partial charge in [0.25, 0.3) is 0 Å². The summed E-state index contributed by atoms with van der Waals surface area (Å²) >= 11 is 1.89. The van der Waals surface area contributed by atoms with Crippen LogP contribution in [0.25, 0.3) is 0 Å². The Morgan fingerprint density at radius 2 is 1.79 bits per heavy atom. The van der Waals surface area contributed by atoms with Crippen LogP contribution >= 0.6 is 22.6 Å². The summed E-state index contributed by atoms with van der Waals surface area (Å²) in [6, 6.07) is 4.76. The number of ether oxygens (including phenoxy) is 1. The van der Waals surface area contributed by atoms with Crippen molar-refractivity contribution in [3.05, 3.63) is 70.6 Å². The van der Waals surface area contributed by atoms with Crippen molar-refractivity contribution >= 4 is 49.7 Å². The first-order valence-corrected chi connectivity index (χ1v) is 11.0. The third kappa shape index (κ3) is 6.13. The molecule has 156 valence electrons. The minimum atomic E-state index is -3.96. The number of anilines is 3. The summed E-state index contributed by atoms with van der Waals surface area (Å²) in [6.07, 6.45) is 2.89. The maximum Gasteiger partial charge on any atom is 0.233 e. The molecule has 0 aliphatic rings. The van der Waals surface area contributed by atoms with Crippen LogP contribution in [0, 0.1) is 21.0 Å². The normalized spacial score (nSPS) is 11.0. The predicted molar refractivity (Wildman–Crippen MR) is 117 cm³/mol. The Morgan fingerprint density at radius 3 is 2.41 bits per heavy atom. The number of hydrogen-bond donors (Lipinski definition) is 2. The summed E-state index contributed by atoms with van der Waals surface area (Å²) in [5.41, 5.74) is -1.16. The second-order valence-corrected chi connectivity index (χ2v) is 8.86. The molecule has 10 heteroatoms. The van der Waals surface area contributed by atoms with Gasteiger partial charge in [-0.1, -0.05) is 18.7 Å². The Kier molecular flexibility index (Phi) is 7.96. The molecule has 0 saturated heterocycles. The van der Waals surface area contributed by atoms with Crippen LogP contribution in [0.2, 0.25) is 0 Å². The number of sulfonamides is 1. The van der Waals surface area contributed by atoms with E-state index >= 15 is 0 Å². The molecule has 29 heavy (non-hydrogen) atoms. The minimum Gasteiger partial charge on any atom is -0.487 e. The van der Waals surface area contributed by atoms with Crippen molar-refractivity contribution in [3.8, 4) is 5.75 Å². The summed E-state index contributed by atoms with van der Waals surface area (Å²) in [6.45, 7) is 6.82. The number of allylic oxidation sites excluding steroid dienone is 1. The fourth-order valence-corrected chi connectivity index (χ4v) is 3.80. The molecule has 2 N–H and O–H groups in total. The van der Waals surface area contributed by atoms with Gasteiger partial charge < -0.3 is 10.1 Å². The van der Waals surface area contributed by atoms with E-state index in [0.717, 1.165) is 0 Å². The summed E-state index contributed by atoms with van der Waals surface area (Å²) in [4.78, 5) is 0. The smallest absolute Gasteiger partial charge is 0.233 e. The van der Waals surface area contributed by atoms with Crippen LogP contribution in [0.5, 0.6) is 5.75 Å². The van der Waals surface area contributed by atoms with Crippen LogP contribution in [0.1, 0.15) is 6.42 Å². The molecule has 0 bridgehead atoms. The van der Waals surface area contributed by atoms with Gasteiger partial charge in [-0.2, -0.15) is 0 Å². The Bertz CT molecular complexity index is 1030. The van der Waals surface area contributed by atoms with Gasteiger partial charge in [0.1, 0.15) is 29.5 Å². The Balaban J connectivity index is 2.60. The van der Waals surface area contributed by atoms with Gasteiger partial charge in [-0.05, 0) is 47.2 Å². The van der Waals surface area contributed by atoms with Crippen molar-refractivity contribution < 1.29 is 26.3 Å². The van der Waals surface area contributed by atoms with Crippen molar-refractivity contribution in [1.29, 1.82) is 0 Å². The lowest BCUT2D eigenvalue weighted by Gasteiger charge is -2.19. The van der Waals surface area contributed by atoms with Crippen molar-refractivity contribution in [3.63, 3.8) is 0 Å². The Hall–Kier alpha value is -2.21. The van der Waals surface area contributed by atoms with Gasteiger partial charge in [-0.25, -0.2) is 21.6 Å². The average molecular weight is 538 g/mol. The third-order valence-electron chi connectivity index (χ3n) is 3.58. The highest BCUT2D eigenvalue weighted by molar-refractivity contribution is 14.1. The number of rotatable bonds is 10. The molecule has 5 nitrogen and oxygen atoms in total. The molecule has 2 aromatic carbocycles. The van der Waals surface area contributed by atoms with E-state index in [9.17, 15) is 21.6 Å². The van der Waals surface area contributed by atoms with Crippen LogP contribution in [-0.4, -0.2) is 20.8 Å². The molecule has 0 fully saturated rings. The molecule has 0 aliphatic heterocycles. The Labute approximate surface area is 180 Å². The lowest BCUT2D eigenvalue weighted by atomic mass is 10.2. The van der Waals surface area contributed by atoms with Crippen LogP contribution in [0.15, 0.2) is 49.6 Å². The zero-order valence-electron chi connectivity index (χ0n) is 15.1. The SMILES string of the molecule is C=CCCS(=O)(=O)Nc1c(OCC=C)cc(F)c(F)c1Nc1ccc(I)cc1F. The molecule has 0 radical (unpaired) electrons. The molecule has 0 spiro atoms. The van der Waals surface area contributed by atoms with E-state index in [1.807, 2.05) is 22.6 Å². The largest absolute Gasteiger partial charge is 0.487 e. The molecule has 0 atom stereocenters. The van der Waals surface area contributed by atoms with Gasteiger partial charge in [0.05, 0.1) is 11.4 Å². The topological polar surface area (TPSA) is 67.4 Å². The summed E-state index contributed by atoms with van der Waals surface area (Å²) in [7, 11) is -3.96. The molecule has 0 aromatic heterocycles. The standard InChI is InChI=1S/C19H18F3IN2O3S/c1-3-5-9-29(26,27)25-18-16(28-8-4-2)11-14(21)17(22)19(18)24-15-7-6-12(23)10-13(15)20/h3-4,6-7,10-11,24-25H,1-2,5,8-9H2. The molecule has 2 rings (SSSR count). The second kappa shape index (κ2) is 10.0. The average Bonchev–Trinajstić information content (AvgIpc) is 2.66. The van der Waals surface area contributed by atoms with Crippen LogP contribution < -0.4 is 14.8 Å². The second-order valence-electron chi connectivity index (χ2n) is 5.77. The van der Waals surface area contributed by atoms with E-state index in [1.54, 1.807) is 6.07 Å². The molecular weight excluding hydrogens is 520 g/mol. The maximum atomic E-state index is 14.6. The van der Waals surface area contributed by atoms with E-state index in [-0.39, 0.29) is 35.9 Å². The lowest BCUT2D eigenvalue weighted by molar-refractivity contribution is 0.361. The summed E-state index contributed by atoms with van der Waals surface area (Å²) in [5.74, 6) is -4.04. The van der Waals surface area contributed by atoms with E-state index < -0.39 is 33.2 Å². The third-order valence-corrected chi connectivity index (χ3v) is 5.54. The molecule has 0 unspecified atom stereocenters. The minimum absolute atomic E-state index is 0.0935. The molecule has 0 saturated carbocycles. The van der Waals surface area contributed by atoms with Gasteiger partial charge in [0.2, 0.25) is 10.0 Å². The molecule has 0 heterocycles. The monoisotopic (exact) mass is 538 g/mol. The fraction of sp³-hybridized carbons (Fsp3) is 0.158. The van der Waals surface area contributed by atoms with Gasteiger partial charge in [-0.3, -0.25) is 4.72 Å². The fourth-order valence-electron chi connectivity index (χ4n) is 2.25. The Morgan fingerprint density at radius 1 is 1.07 bits per heavy atom. The van der Waals surface area contributed by atoms with Crippen molar-refractivity contribution in [2.45, 2.75) is 6.42 Å². The first-order valence-electron chi connectivity index (χ1n) is 8.27. The highest BCUT2D eigenvalue weighted by Gasteiger charge is 2.24. The zero-order valence-corrected chi connectivity index (χ0v) is 18.1. The zero-order chi connectivity index (χ0) is 21.6. The van der Waals surface area contributed by atoms with Crippen molar-refractivity contribution in [2.75, 3.05) is 22.4 Å². The van der Waals surface area contributed by atoms with Gasteiger partial charge in [0.15, 0.2) is 11.6 Å². The van der Waals surface area contributed by atoms with Crippen LogP contribution in [-0.2, 0) is 10.0 Å². The number of nitrogens with one attached hydrogen (secondary N) is 2. The first-order chi connectivity index (χ1) is 13.7. The number of hydrogen-bond acceptors (Lipinski definition) is 4. The highest BCUT2D eigenvalue weighted by Crippen LogP contribution is 2.40. The molecular formula is C19H18F3IN2O3S.